The van der Waals surface area contributed by atoms with Crippen LogP contribution in [-0.4, -0.2) is 42.3 Å². The summed E-state index contributed by atoms with van der Waals surface area (Å²) < 4.78 is 0. The third-order valence-electron chi connectivity index (χ3n) is 6.44. The van der Waals surface area contributed by atoms with Crippen LogP contribution in [0.15, 0.2) is 28.0 Å². The van der Waals surface area contributed by atoms with Crippen molar-refractivity contribution < 1.29 is 0 Å². The minimum atomic E-state index is -0.0635. The smallest absolute Gasteiger partial charge is 0.0653 e. The number of nitrogens with zero attached hydrogens (tertiary/aromatic N) is 2. The Morgan fingerprint density at radius 2 is 2.38 bits per heavy atom. The Bertz CT molecular complexity index is 587. The molecule has 4 nitrogen and oxygen atoms in total. The van der Waals surface area contributed by atoms with E-state index < -0.39 is 0 Å². The standard InChI is InChI=1S/C16H21ClN4/c1-15-7-19-20-13(15)4-10(17)5-14(15)21-9-16-3-2-11(18-8-16)12(21)6-16/h4-5,7,11-12,14,18,20H,2-3,6,8-9H2,1H3/t11-,12?,14?,15?,16?/m0/s1. The number of hydrogen-bond acceptors (Lipinski definition) is 4. The van der Waals surface area contributed by atoms with Crippen LogP contribution in [0.3, 0.4) is 0 Å². The molecule has 4 heterocycles. The predicted octanol–water partition coefficient (Wildman–Crippen LogP) is 1.80. The van der Waals surface area contributed by atoms with Gasteiger partial charge in [-0.05, 0) is 43.8 Å². The van der Waals surface area contributed by atoms with E-state index in [1.54, 1.807) is 0 Å². The van der Waals surface area contributed by atoms with Crippen molar-refractivity contribution in [3.63, 3.8) is 0 Å². The molecule has 4 fully saturated rings. The van der Waals surface area contributed by atoms with Gasteiger partial charge in [-0.3, -0.25) is 10.3 Å². The largest absolute Gasteiger partial charge is 0.312 e. The van der Waals surface area contributed by atoms with Gasteiger partial charge in [0.1, 0.15) is 0 Å². The molecular formula is C16H21ClN4. The van der Waals surface area contributed by atoms with Gasteiger partial charge < -0.3 is 5.32 Å². The highest BCUT2D eigenvalue weighted by Gasteiger charge is 2.58. The lowest BCUT2D eigenvalue weighted by Gasteiger charge is -2.46. The first-order valence-electron chi connectivity index (χ1n) is 7.99. The number of halogens is 1. The van der Waals surface area contributed by atoms with Gasteiger partial charge in [-0.1, -0.05) is 11.6 Å². The highest BCUT2D eigenvalue weighted by atomic mass is 35.5. The lowest BCUT2D eigenvalue weighted by Crippen LogP contribution is -2.58. The highest BCUT2D eigenvalue weighted by Crippen LogP contribution is 2.52. The molecule has 1 saturated carbocycles. The molecule has 2 aliphatic carbocycles. The van der Waals surface area contributed by atoms with Crippen LogP contribution in [0.2, 0.25) is 0 Å². The quantitative estimate of drug-likeness (QED) is 0.776. The van der Waals surface area contributed by atoms with E-state index >= 15 is 0 Å². The molecule has 0 aromatic heterocycles. The molecule has 4 aliphatic heterocycles. The summed E-state index contributed by atoms with van der Waals surface area (Å²) in [6.45, 7) is 4.67. The van der Waals surface area contributed by atoms with Gasteiger partial charge in [0.15, 0.2) is 0 Å². The maximum atomic E-state index is 6.39. The molecule has 3 saturated heterocycles. The zero-order valence-corrected chi connectivity index (χ0v) is 13.0. The molecule has 5 atom stereocenters. The van der Waals surface area contributed by atoms with Crippen molar-refractivity contribution in [1.29, 1.82) is 0 Å². The molecule has 6 rings (SSSR count). The van der Waals surface area contributed by atoms with E-state index in [9.17, 15) is 0 Å². The summed E-state index contributed by atoms with van der Waals surface area (Å²) in [6.07, 6.45) is 10.4. The van der Waals surface area contributed by atoms with Crippen LogP contribution in [0.1, 0.15) is 26.2 Å². The summed E-state index contributed by atoms with van der Waals surface area (Å²) >= 11 is 6.39. The Kier molecular flexibility index (Phi) is 2.37. The minimum Gasteiger partial charge on any atom is -0.312 e. The minimum absolute atomic E-state index is 0.0635. The van der Waals surface area contributed by atoms with Crippen LogP contribution >= 0.6 is 11.6 Å². The first-order valence-corrected chi connectivity index (χ1v) is 8.36. The molecule has 5 heteroatoms. The summed E-state index contributed by atoms with van der Waals surface area (Å²) in [6, 6.07) is 1.63. The zero-order chi connectivity index (χ0) is 14.2. The number of likely N-dealkylation sites (tertiary alicyclic amines) is 1. The molecule has 0 aromatic rings. The Labute approximate surface area is 130 Å². The summed E-state index contributed by atoms with van der Waals surface area (Å²) in [5.74, 6) is 0. The molecule has 2 N–H and O–H groups in total. The zero-order valence-electron chi connectivity index (χ0n) is 12.3. The van der Waals surface area contributed by atoms with Crippen LogP contribution in [-0.2, 0) is 0 Å². The second-order valence-corrected chi connectivity index (χ2v) is 8.11. The van der Waals surface area contributed by atoms with Gasteiger partial charge in [0, 0.05) is 48.2 Å². The number of nitrogens with one attached hydrogen (secondary N) is 2. The molecule has 0 radical (unpaired) electrons. The molecule has 21 heavy (non-hydrogen) atoms. The van der Waals surface area contributed by atoms with Gasteiger partial charge in [-0.15, -0.1) is 0 Å². The summed E-state index contributed by atoms with van der Waals surface area (Å²) in [4.78, 5) is 2.71. The number of piperidine rings is 2. The second-order valence-electron chi connectivity index (χ2n) is 7.68. The average Bonchev–Trinajstić information content (AvgIpc) is 2.95. The van der Waals surface area contributed by atoms with Gasteiger partial charge in [0.2, 0.25) is 0 Å². The molecule has 1 spiro atoms. The third kappa shape index (κ3) is 1.56. The summed E-state index contributed by atoms with van der Waals surface area (Å²) in [5.41, 5.74) is 4.72. The van der Waals surface area contributed by atoms with Crippen molar-refractivity contribution in [1.82, 2.24) is 15.6 Å². The number of allylic oxidation sites excluding steroid dienone is 2. The Morgan fingerprint density at radius 1 is 1.48 bits per heavy atom. The van der Waals surface area contributed by atoms with Crippen molar-refractivity contribution in [2.75, 3.05) is 13.1 Å². The van der Waals surface area contributed by atoms with Gasteiger partial charge in [0.05, 0.1) is 5.41 Å². The Morgan fingerprint density at radius 3 is 3.14 bits per heavy atom. The number of hydrogen-bond donors (Lipinski definition) is 2. The van der Waals surface area contributed by atoms with Gasteiger partial charge in [0.25, 0.3) is 0 Å². The Balaban J connectivity index is 1.56. The second kappa shape index (κ2) is 3.92. The van der Waals surface area contributed by atoms with E-state index in [2.05, 4.69) is 40.0 Å². The van der Waals surface area contributed by atoms with Crippen LogP contribution in [0, 0.1) is 10.8 Å². The highest BCUT2D eigenvalue weighted by molar-refractivity contribution is 6.31. The summed E-state index contributed by atoms with van der Waals surface area (Å²) in [7, 11) is 0. The molecule has 3 bridgehead atoms. The number of fused-ring (bicyclic) bond motifs is 3. The molecule has 0 aromatic carbocycles. The van der Waals surface area contributed by atoms with Gasteiger partial charge >= 0.3 is 0 Å². The Hall–Kier alpha value is -0.840. The van der Waals surface area contributed by atoms with Crippen molar-refractivity contribution in [2.45, 2.75) is 44.3 Å². The fraction of sp³-hybridized carbons (Fsp3) is 0.688. The van der Waals surface area contributed by atoms with Crippen molar-refractivity contribution in [2.24, 2.45) is 15.9 Å². The van der Waals surface area contributed by atoms with Crippen molar-refractivity contribution in [3.8, 4) is 0 Å². The lowest BCUT2D eigenvalue weighted by molar-refractivity contribution is 0.112. The van der Waals surface area contributed by atoms with Crippen molar-refractivity contribution in [3.05, 3.63) is 22.9 Å². The van der Waals surface area contributed by atoms with E-state index in [4.69, 9.17) is 11.6 Å². The van der Waals surface area contributed by atoms with E-state index in [1.807, 2.05) is 6.08 Å². The lowest BCUT2D eigenvalue weighted by atomic mass is 9.70. The maximum absolute atomic E-state index is 6.39. The fourth-order valence-electron chi connectivity index (χ4n) is 5.24. The molecule has 6 aliphatic rings. The molecule has 0 amide bonds. The van der Waals surface area contributed by atoms with Crippen molar-refractivity contribution >= 4 is 17.8 Å². The maximum Gasteiger partial charge on any atom is 0.0653 e. The number of rotatable bonds is 1. The normalized spacial score (nSPS) is 50.7. The van der Waals surface area contributed by atoms with E-state index in [0.29, 0.717) is 23.5 Å². The first kappa shape index (κ1) is 12.7. The SMILES string of the molecule is CC12C=NNC1=CC(Cl)=CC2N1CC23CC[C@H](NC2)C1C3. The van der Waals surface area contributed by atoms with Crippen LogP contribution in [0.25, 0.3) is 0 Å². The van der Waals surface area contributed by atoms with E-state index in [0.717, 1.165) is 10.7 Å². The average molecular weight is 305 g/mol. The first-order chi connectivity index (χ1) is 10.1. The molecular weight excluding hydrogens is 284 g/mol. The van der Waals surface area contributed by atoms with Crippen LogP contribution < -0.4 is 10.7 Å². The summed E-state index contributed by atoms with van der Waals surface area (Å²) in [5, 5.41) is 8.92. The molecule has 4 unspecified atom stereocenters. The van der Waals surface area contributed by atoms with Gasteiger partial charge in [-0.2, -0.15) is 5.10 Å². The van der Waals surface area contributed by atoms with E-state index in [1.165, 1.54) is 32.4 Å². The topological polar surface area (TPSA) is 39.7 Å². The van der Waals surface area contributed by atoms with Crippen LogP contribution in [0.4, 0.5) is 0 Å². The molecule has 112 valence electrons. The van der Waals surface area contributed by atoms with E-state index in [-0.39, 0.29) is 5.41 Å². The predicted molar refractivity (Wildman–Crippen MR) is 84.1 cm³/mol. The third-order valence-corrected chi connectivity index (χ3v) is 6.68. The van der Waals surface area contributed by atoms with Gasteiger partial charge in [-0.25, -0.2) is 0 Å². The number of hydrazone groups is 1. The fourth-order valence-corrected chi connectivity index (χ4v) is 5.47. The van der Waals surface area contributed by atoms with Crippen LogP contribution in [0.5, 0.6) is 0 Å². The monoisotopic (exact) mass is 304 g/mol.